The minimum absolute atomic E-state index is 0.760. The molecule has 0 fully saturated rings. The molecule has 0 saturated heterocycles. The van der Waals surface area contributed by atoms with E-state index >= 15 is 0 Å². The Morgan fingerprint density at radius 3 is 3.08 bits per heavy atom. The highest BCUT2D eigenvalue weighted by Gasteiger charge is 2.04. The summed E-state index contributed by atoms with van der Waals surface area (Å²) in [5.41, 5.74) is 1.74. The Labute approximate surface area is 70.4 Å². The van der Waals surface area contributed by atoms with Gasteiger partial charge >= 0.3 is 0 Å². The van der Waals surface area contributed by atoms with Crippen molar-refractivity contribution in [3.05, 3.63) is 30.7 Å². The Balaban J connectivity index is 2.75. The van der Waals surface area contributed by atoms with Gasteiger partial charge < -0.3 is 9.84 Å². The summed E-state index contributed by atoms with van der Waals surface area (Å²) in [6, 6.07) is 5.70. The van der Waals surface area contributed by atoms with E-state index in [1.54, 1.807) is 0 Å². The zero-order valence-corrected chi connectivity index (χ0v) is 6.79. The first-order chi connectivity index (χ1) is 5.81. The number of aromatic nitrogens is 1. The molecule has 3 nitrogen and oxygen atoms in total. The highest BCUT2D eigenvalue weighted by Crippen LogP contribution is 2.22. The molecule has 0 aliphatic carbocycles. The van der Waals surface area contributed by atoms with E-state index in [4.69, 9.17) is 4.52 Å². The maximum absolute atomic E-state index is 5.05. The fourth-order valence-corrected chi connectivity index (χ4v) is 1.17. The monoisotopic (exact) mass is 161 g/mol. The van der Waals surface area contributed by atoms with Gasteiger partial charge in [0, 0.05) is 7.05 Å². The number of anilines is 1. The summed E-state index contributed by atoms with van der Waals surface area (Å²) in [6.45, 7) is 3.83. The van der Waals surface area contributed by atoms with E-state index in [0.717, 1.165) is 22.4 Å². The van der Waals surface area contributed by atoms with Crippen LogP contribution in [0.5, 0.6) is 0 Å². The molecule has 0 atom stereocenters. The molecule has 1 heterocycles. The van der Waals surface area contributed by atoms with E-state index in [1.807, 2.05) is 25.2 Å². The molecule has 1 N–H and O–H groups in total. The standard InChI is InChI=1S/C9H9N2O/c1-6-3-4-8-7(5-6)9(10-2)11-12-8/h3-5H,1H2,2H3,(H,10,11). The number of nitrogens with one attached hydrogen (secondary N) is 1. The van der Waals surface area contributed by atoms with Gasteiger partial charge in [0.05, 0.1) is 5.39 Å². The maximum Gasteiger partial charge on any atom is 0.177 e. The highest BCUT2D eigenvalue weighted by atomic mass is 16.5. The van der Waals surface area contributed by atoms with Gasteiger partial charge in [-0.2, -0.15) is 0 Å². The summed E-state index contributed by atoms with van der Waals surface area (Å²) in [7, 11) is 1.81. The van der Waals surface area contributed by atoms with Gasteiger partial charge in [-0.1, -0.05) is 11.2 Å². The summed E-state index contributed by atoms with van der Waals surface area (Å²) in [5.74, 6) is 0.760. The second kappa shape index (κ2) is 2.52. The lowest BCUT2D eigenvalue weighted by molar-refractivity contribution is 0.460. The van der Waals surface area contributed by atoms with Crippen molar-refractivity contribution in [3.8, 4) is 0 Å². The van der Waals surface area contributed by atoms with Crippen LogP contribution < -0.4 is 5.32 Å². The van der Waals surface area contributed by atoms with Crippen LogP contribution in [0.15, 0.2) is 22.7 Å². The largest absolute Gasteiger partial charge is 0.370 e. The van der Waals surface area contributed by atoms with Crippen LogP contribution in [-0.4, -0.2) is 12.2 Å². The van der Waals surface area contributed by atoms with Crippen LogP contribution in [0.2, 0.25) is 0 Å². The van der Waals surface area contributed by atoms with Crippen molar-refractivity contribution in [2.45, 2.75) is 0 Å². The lowest BCUT2D eigenvalue weighted by Gasteiger charge is -1.92. The summed E-state index contributed by atoms with van der Waals surface area (Å²) in [6.07, 6.45) is 0. The molecule has 0 spiro atoms. The molecule has 1 aromatic carbocycles. The third-order valence-corrected chi connectivity index (χ3v) is 1.77. The molecule has 0 aliphatic heterocycles. The first-order valence-electron chi connectivity index (χ1n) is 3.70. The zero-order valence-electron chi connectivity index (χ0n) is 6.79. The normalized spacial score (nSPS) is 10.5. The summed E-state index contributed by atoms with van der Waals surface area (Å²) >= 11 is 0. The van der Waals surface area contributed by atoms with E-state index in [2.05, 4.69) is 17.4 Å². The van der Waals surface area contributed by atoms with Gasteiger partial charge in [-0.25, -0.2) is 0 Å². The van der Waals surface area contributed by atoms with Crippen LogP contribution in [0.3, 0.4) is 0 Å². The molecule has 61 valence electrons. The van der Waals surface area contributed by atoms with Crippen LogP contribution in [-0.2, 0) is 0 Å². The fraction of sp³-hybridized carbons (Fsp3) is 0.111. The molecule has 0 bridgehead atoms. The number of benzene rings is 1. The van der Waals surface area contributed by atoms with Gasteiger partial charge in [0.2, 0.25) is 0 Å². The van der Waals surface area contributed by atoms with Crippen LogP contribution in [0.4, 0.5) is 5.82 Å². The van der Waals surface area contributed by atoms with Crippen LogP contribution in [0.1, 0.15) is 5.56 Å². The quantitative estimate of drug-likeness (QED) is 0.695. The van der Waals surface area contributed by atoms with Gasteiger partial charge in [0.1, 0.15) is 0 Å². The minimum atomic E-state index is 0.760. The van der Waals surface area contributed by atoms with E-state index in [0.29, 0.717) is 0 Å². The van der Waals surface area contributed by atoms with Crippen molar-refractivity contribution in [1.82, 2.24) is 5.16 Å². The van der Waals surface area contributed by atoms with Crippen molar-refractivity contribution >= 4 is 16.8 Å². The third-order valence-electron chi connectivity index (χ3n) is 1.77. The van der Waals surface area contributed by atoms with Gasteiger partial charge in [0.15, 0.2) is 11.4 Å². The third kappa shape index (κ3) is 0.942. The van der Waals surface area contributed by atoms with Crippen molar-refractivity contribution in [1.29, 1.82) is 0 Å². The van der Waals surface area contributed by atoms with Gasteiger partial charge in [-0.3, -0.25) is 0 Å². The Bertz CT molecular complexity index is 406. The van der Waals surface area contributed by atoms with E-state index < -0.39 is 0 Å². The fourth-order valence-electron chi connectivity index (χ4n) is 1.17. The first-order valence-corrected chi connectivity index (χ1v) is 3.70. The smallest absolute Gasteiger partial charge is 0.177 e. The van der Waals surface area contributed by atoms with E-state index in [9.17, 15) is 0 Å². The Hall–Kier alpha value is -1.51. The predicted molar refractivity (Wildman–Crippen MR) is 48.0 cm³/mol. The van der Waals surface area contributed by atoms with Gasteiger partial charge in [-0.15, -0.1) is 0 Å². The summed E-state index contributed by atoms with van der Waals surface area (Å²) in [4.78, 5) is 0. The van der Waals surface area contributed by atoms with Gasteiger partial charge in [-0.05, 0) is 24.6 Å². The van der Waals surface area contributed by atoms with Crippen molar-refractivity contribution in [3.63, 3.8) is 0 Å². The van der Waals surface area contributed by atoms with Crippen molar-refractivity contribution in [2.24, 2.45) is 0 Å². The lowest BCUT2D eigenvalue weighted by Crippen LogP contribution is -1.87. The van der Waals surface area contributed by atoms with E-state index in [-0.39, 0.29) is 0 Å². The SMILES string of the molecule is [CH2]c1ccc2onc(NC)c2c1. The Morgan fingerprint density at radius 2 is 2.33 bits per heavy atom. The molecule has 3 heteroatoms. The second-order valence-corrected chi connectivity index (χ2v) is 2.61. The molecule has 12 heavy (non-hydrogen) atoms. The Morgan fingerprint density at radius 1 is 1.50 bits per heavy atom. The molecule has 0 aliphatic rings. The topological polar surface area (TPSA) is 38.1 Å². The number of hydrogen-bond acceptors (Lipinski definition) is 3. The highest BCUT2D eigenvalue weighted by molar-refractivity contribution is 5.88. The van der Waals surface area contributed by atoms with E-state index in [1.165, 1.54) is 0 Å². The Kier molecular flexibility index (Phi) is 1.50. The maximum atomic E-state index is 5.05. The number of fused-ring (bicyclic) bond motifs is 1. The van der Waals surface area contributed by atoms with Crippen LogP contribution in [0, 0.1) is 6.92 Å². The molecule has 2 aromatic rings. The number of hydrogen-bond donors (Lipinski definition) is 1. The summed E-state index contributed by atoms with van der Waals surface area (Å²) < 4.78 is 5.05. The average molecular weight is 161 g/mol. The molecule has 0 unspecified atom stereocenters. The molecule has 0 amide bonds. The van der Waals surface area contributed by atoms with Crippen molar-refractivity contribution in [2.75, 3.05) is 12.4 Å². The molecule has 1 radical (unpaired) electrons. The average Bonchev–Trinajstić information content (AvgIpc) is 2.46. The van der Waals surface area contributed by atoms with Crippen molar-refractivity contribution < 1.29 is 4.52 Å². The predicted octanol–water partition coefficient (Wildman–Crippen LogP) is 2.05. The molecule has 1 aromatic heterocycles. The number of rotatable bonds is 1. The molecule has 2 rings (SSSR count). The van der Waals surface area contributed by atoms with Crippen LogP contribution in [0.25, 0.3) is 11.0 Å². The number of nitrogens with zero attached hydrogens (tertiary/aromatic N) is 1. The van der Waals surface area contributed by atoms with Gasteiger partial charge in [0.25, 0.3) is 0 Å². The van der Waals surface area contributed by atoms with Crippen LogP contribution >= 0.6 is 0 Å². The molecular weight excluding hydrogens is 152 g/mol. The molecular formula is C9H9N2O. The second-order valence-electron chi connectivity index (χ2n) is 2.61. The zero-order chi connectivity index (χ0) is 8.55. The first kappa shape index (κ1) is 7.16. The molecule has 0 saturated carbocycles. The summed E-state index contributed by atoms with van der Waals surface area (Å²) in [5, 5.41) is 7.76. The minimum Gasteiger partial charge on any atom is -0.370 e. The lowest BCUT2D eigenvalue weighted by atomic mass is 10.2.